The second-order valence-corrected chi connectivity index (χ2v) is 6.16. The van der Waals surface area contributed by atoms with Gasteiger partial charge in [0.2, 0.25) is 0 Å². The molecule has 0 unspecified atom stereocenters. The first-order chi connectivity index (χ1) is 10.6. The number of nitrogens with zero attached hydrogens (tertiary/aromatic N) is 2. The molecule has 1 aromatic carbocycles. The first-order valence-corrected chi connectivity index (χ1v) is 7.89. The molecule has 3 N–H and O–H groups in total. The summed E-state index contributed by atoms with van der Waals surface area (Å²) in [5.74, 6) is 0.354. The molecule has 22 heavy (non-hydrogen) atoms. The number of rotatable bonds is 4. The number of benzene rings is 1. The highest BCUT2D eigenvalue weighted by molar-refractivity contribution is 7.11. The fourth-order valence-electron chi connectivity index (χ4n) is 2.46. The van der Waals surface area contributed by atoms with E-state index in [2.05, 4.69) is 4.98 Å². The van der Waals surface area contributed by atoms with Gasteiger partial charge in [0.15, 0.2) is 0 Å². The van der Waals surface area contributed by atoms with Crippen LogP contribution in [0.15, 0.2) is 41.5 Å². The lowest BCUT2D eigenvalue weighted by molar-refractivity contribution is 0.160. The van der Waals surface area contributed by atoms with Crippen molar-refractivity contribution in [3.05, 3.63) is 46.5 Å². The molecule has 0 bridgehead atoms. The van der Waals surface area contributed by atoms with Gasteiger partial charge in [-0.1, -0.05) is 30.3 Å². The molecule has 0 fully saturated rings. The molecule has 1 aliphatic heterocycles. The molecule has 0 saturated carbocycles. The molecule has 0 amide bonds. The molecule has 0 aliphatic carbocycles. The average Bonchev–Trinajstić information content (AvgIpc) is 3.05. The number of hydrogen-bond donors (Lipinski definition) is 3. The Morgan fingerprint density at radius 2 is 2.09 bits per heavy atom. The summed E-state index contributed by atoms with van der Waals surface area (Å²) in [7, 11) is 0. The minimum Gasteiger partial charge on any atom is -0.510 e. The van der Waals surface area contributed by atoms with Gasteiger partial charge in [0.25, 0.3) is 0 Å². The summed E-state index contributed by atoms with van der Waals surface area (Å²) in [5.41, 5.74) is 2.31. The fraction of sp³-hybridized carbons (Fsp3) is 0.250. The Labute approximate surface area is 132 Å². The summed E-state index contributed by atoms with van der Waals surface area (Å²) in [6.45, 7) is 2.24. The minimum absolute atomic E-state index is 0.139. The largest absolute Gasteiger partial charge is 0.510 e. The first-order valence-electron chi connectivity index (χ1n) is 7.01. The zero-order chi connectivity index (χ0) is 15.7. The van der Waals surface area contributed by atoms with Gasteiger partial charge >= 0.3 is 0 Å². The molecule has 3 rings (SSSR count). The quantitative estimate of drug-likeness (QED) is 0.810. The van der Waals surface area contributed by atoms with E-state index in [1.165, 1.54) is 11.3 Å². The summed E-state index contributed by atoms with van der Waals surface area (Å²) in [5, 5.41) is 30.4. The molecule has 6 heteroatoms. The van der Waals surface area contributed by atoms with Crippen LogP contribution in [0.5, 0.6) is 0 Å². The van der Waals surface area contributed by atoms with Crippen molar-refractivity contribution in [1.82, 2.24) is 9.88 Å². The van der Waals surface area contributed by atoms with E-state index in [1.54, 1.807) is 11.8 Å². The van der Waals surface area contributed by atoms with Crippen molar-refractivity contribution in [3.8, 4) is 11.3 Å². The highest BCUT2D eigenvalue weighted by atomic mass is 32.1. The topological polar surface area (TPSA) is 80.4 Å². The van der Waals surface area contributed by atoms with Gasteiger partial charge in [-0.15, -0.1) is 11.3 Å². The third-order valence-corrected chi connectivity index (χ3v) is 4.31. The highest BCUT2D eigenvalue weighted by Crippen LogP contribution is 2.32. The number of aromatic nitrogens is 1. The Bertz CT molecular complexity index is 722. The van der Waals surface area contributed by atoms with Gasteiger partial charge in [0.05, 0.1) is 23.9 Å². The van der Waals surface area contributed by atoms with Gasteiger partial charge in [-0.2, -0.15) is 0 Å². The maximum atomic E-state index is 10.2. The highest BCUT2D eigenvalue weighted by Gasteiger charge is 2.30. The Morgan fingerprint density at radius 3 is 2.77 bits per heavy atom. The van der Waals surface area contributed by atoms with E-state index in [1.807, 2.05) is 35.7 Å². The number of β-amino-alcohol motifs (C(OH)–C–C–N with tert-alkyl or cyclic N) is 1. The minimum atomic E-state index is -0.552. The summed E-state index contributed by atoms with van der Waals surface area (Å²) in [6, 6.07) is 9.81. The van der Waals surface area contributed by atoms with E-state index in [0.717, 1.165) is 11.3 Å². The van der Waals surface area contributed by atoms with Gasteiger partial charge in [0, 0.05) is 17.5 Å². The first kappa shape index (κ1) is 14.7. The lowest BCUT2D eigenvalue weighted by atomic mass is 10.2. The van der Waals surface area contributed by atoms with Gasteiger partial charge < -0.3 is 15.1 Å². The molecule has 1 aromatic heterocycles. The average molecular weight is 315 g/mol. The second-order valence-electron chi connectivity index (χ2n) is 5.30. The van der Waals surface area contributed by atoms with Crippen LogP contribution < -0.4 is 0 Å². The number of aliphatic hydroxyl groups excluding tert-OH is 2. The van der Waals surface area contributed by atoms with Crippen molar-refractivity contribution >= 4 is 22.7 Å². The van der Waals surface area contributed by atoms with E-state index in [9.17, 15) is 10.2 Å². The predicted molar refractivity (Wildman–Crippen MR) is 88.1 cm³/mol. The molecule has 114 valence electrons. The molecular weight excluding hydrogens is 298 g/mol. The van der Waals surface area contributed by atoms with Crippen molar-refractivity contribution < 1.29 is 10.2 Å². The molecule has 0 spiro atoms. The van der Waals surface area contributed by atoms with Crippen LogP contribution in [0.3, 0.4) is 0 Å². The van der Waals surface area contributed by atoms with E-state index in [4.69, 9.17) is 5.41 Å². The molecule has 2 aromatic rings. The Hall–Kier alpha value is -2.18. The number of thiazole rings is 1. The summed E-state index contributed by atoms with van der Waals surface area (Å²) < 4.78 is 0. The van der Waals surface area contributed by atoms with E-state index >= 15 is 0 Å². The van der Waals surface area contributed by atoms with Crippen molar-refractivity contribution in [3.63, 3.8) is 0 Å². The Balaban J connectivity index is 1.87. The van der Waals surface area contributed by atoms with E-state index in [-0.39, 0.29) is 18.1 Å². The third kappa shape index (κ3) is 2.75. The van der Waals surface area contributed by atoms with Crippen LogP contribution in [-0.4, -0.2) is 45.1 Å². The molecule has 0 saturated heterocycles. The van der Waals surface area contributed by atoms with Crippen LogP contribution in [0.2, 0.25) is 0 Å². The maximum Gasteiger partial charge on any atom is 0.135 e. The predicted octanol–water partition coefficient (Wildman–Crippen LogP) is 2.75. The lowest BCUT2D eigenvalue weighted by Crippen LogP contribution is -2.33. The zero-order valence-corrected chi connectivity index (χ0v) is 13.0. The second kappa shape index (κ2) is 5.90. The van der Waals surface area contributed by atoms with Crippen LogP contribution in [0.4, 0.5) is 0 Å². The normalized spacial score (nSPS) is 16.5. The third-order valence-electron chi connectivity index (χ3n) is 3.45. The summed E-state index contributed by atoms with van der Waals surface area (Å²) in [4.78, 5) is 6.20. The van der Waals surface area contributed by atoms with Crippen LogP contribution in [0.1, 0.15) is 11.9 Å². The number of aliphatic hydroxyl groups is 2. The van der Waals surface area contributed by atoms with Gasteiger partial charge in [-0.3, -0.25) is 5.41 Å². The SMILES string of the molecule is C[C@@H](O)CN1CC(O)=C(c2nc(-c3ccccc3)cs2)C1=N. The smallest absolute Gasteiger partial charge is 0.135 e. The Kier molecular flexibility index (Phi) is 3.96. The van der Waals surface area contributed by atoms with Crippen molar-refractivity contribution in [2.45, 2.75) is 13.0 Å². The van der Waals surface area contributed by atoms with Crippen LogP contribution >= 0.6 is 11.3 Å². The number of nitrogens with one attached hydrogen (secondary N) is 1. The molecule has 2 heterocycles. The summed E-state index contributed by atoms with van der Waals surface area (Å²) >= 11 is 1.41. The standard InChI is InChI=1S/C16H17N3O2S/c1-10(20)7-19-8-13(21)14(15(19)17)16-18-12(9-22-16)11-5-3-2-4-6-11/h2-6,9-10,17,20-21H,7-8H2,1H3/t10-/m1/s1. The molecule has 1 atom stereocenters. The van der Waals surface area contributed by atoms with Gasteiger partial charge in [0.1, 0.15) is 16.6 Å². The molecule has 1 aliphatic rings. The van der Waals surface area contributed by atoms with Crippen molar-refractivity contribution in [1.29, 1.82) is 5.41 Å². The van der Waals surface area contributed by atoms with Gasteiger partial charge in [-0.25, -0.2) is 4.98 Å². The number of hydrogen-bond acceptors (Lipinski definition) is 5. The lowest BCUT2D eigenvalue weighted by Gasteiger charge is -2.19. The number of amidine groups is 1. The monoisotopic (exact) mass is 315 g/mol. The van der Waals surface area contributed by atoms with E-state index < -0.39 is 6.10 Å². The van der Waals surface area contributed by atoms with Crippen molar-refractivity contribution in [2.75, 3.05) is 13.1 Å². The summed E-state index contributed by atoms with van der Waals surface area (Å²) in [6.07, 6.45) is -0.552. The molecule has 5 nitrogen and oxygen atoms in total. The van der Waals surface area contributed by atoms with Crippen molar-refractivity contribution in [2.24, 2.45) is 0 Å². The fourth-order valence-corrected chi connectivity index (χ4v) is 3.36. The zero-order valence-electron chi connectivity index (χ0n) is 12.2. The molecule has 0 radical (unpaired) electrons. The maximum absolute atomic E-state index is 10.2. The van der Waals surface area contributed by atoms with E-state index in [0.29, 0.717) is 17.1 Å². The van der Waals surface area contributed by atoms with Crippen LogP contribution in [-0.2, 0) is 0 Å². The van der Waals surface area contributed by atoms with Crippen LogP contribution in [0.25, 0.3) is 16.8 Å². The molecular formula is C16H17N3O2S. The Morgan fingerprint density at radius 1 is 1.36 bits per heavy atom. The van der Waals surface area contributed by atoms with Gasteiger partial charge in [-0.05, 0) is 6.92 Å². The van der Waals surface area contributed by atoms with Crippen LogP contribution in [0, 0.1) is 5.41 Å².